The molecule has 2 heterocycles. The van der Waals surface area contributed by atoms with Gasteiger partial charge in [0.2, 0.25) is 5.91 Å². The highest BCUT2D eigenvalue weighted by Gasteiger charge is 2.69. The van der Waals surface area contributed by atoms with Gasteiger partial charge in [-0.15, -0.1) is 0 Å². The van der Waals surface area contributed by atoms with Gasteiger partial charge in [-0.2, -0.15) is 0 Å². The maximum absolute atomic E-state index is 13.9. The van der Waals surface area contributed by atoms with Gasteiger partial charge in [-0.3, -0.25) is 14.5 Å². The topological polar surface area (TPSA) is 74.8 Å². The molecule has 0 N–H and O–H groups in total. The molecule has 2 aliphatic heterocycles. The number of halogens is 1. The van der Waals surface area contributed by atoms with E-state index < -0.39 is 38.1 Å². The molecule has 1 fully saturated rings. The van der Waals surface area contributed by atoms with Gasteiger partial charge in [-0.25, -0.2) is 12.8 Å². The summed E-state index contributed by atoms with van der Waals surface area (Å²) in [5.74, 6) is -2.77. The Hall–Kier alpha value is -3.52. The highest BCUT2D eigenvalue weighted by atomic mass is 32.2. The van der Waals surface area contributed by atoms with Gasteiger partial charge >= 0.3 is 0 Å². The van der Waals surface area contributed by atoms with Crippen LogP contribution >= 0.6 is 0 Å². The molecule has 1 spiro atoms. The van der Waals surface area contributed by atoms with Crippen molar-refractivity contribution in [2.45, 2.75) is 11.4 Å². The molecule has 31 heavy (non-hydrogen) atoms. The Balaban J connectivity index is 1.75. The lowest BCUT2D eigenvalue weighted by atomic mass is 10.0. The Morgan fingerprint density at radius 1 is 0.871 bits per heavy atom. The molecule has 3 aromatic carbocycles. The number of rotatable bonds is 3. The van der Waals surface area contributed by atoms with Gasteiger partial charge in [0.15, 0.2) is 9.84 Å². The van der Waals surface area contributed by atoms with Crippen LogP contribution in [0.5, 0.6) is 0 Å². The van der Waals surface area contributed by atoms with Gasteiger partial charge in [0.25, 0.3) is 10.8 Å². The normalized spacial score (nSPS) is 21.7. The van der Waals surface area contributed by atoms with Crippen LogP contribution in [0, 0.1) is 5.82 Å². The summed E-state index contributed by atoms with van der Waals surface area (Å²) in [6, 6.07) is 20.7. The van der Waals surface area contributed by atoms with E-state index >= 15 is 0 Å². The number of nitrogens with zero attached hydrogens (tertiary/aromatic N) is 2. The Kier molecular flexibility index (Phi) is 4.23. The zero-order valence-corrected chi connectivity index (χ0v) is 17.0. The average Bonchev–Trinajstić information content (AvgIpc) is 3.13. The molecule has 1 atom stereocenters. The minimum absolute atomic E-state index is 0.150. The molecule has 6 nitrogen and oxygen atoms in total. The predicted octanol–water partition coefficient (Wildman–Crippen LogP) is 2.99. The highest BCUT2D eigenvalue weighted by molar-refractivity contribution is 7.94. The van der Waals surface area contributed by atoms with E-state index in [4.69, 9.17) is 0 Å². The van der Waals surface area contributed by atoms with Crippen LogP contribution in [0.2, 0.25) is 0 Å². The third-order valence-electron chi connectivity index (χ3n) is 5.69. The van der Waals surface area contributed by atoms with Crippen LogP contribution in [0.3, 0.4) is 0 Å². The van der Waals surface area contributed by atoms with E-state index in [2.05, 4.69) is 0 Å². The van der Waals surface area contributed by atoms with Gasteiger partial charge < -0.3 is 4.90 Å². The zero-order chi connectivity index (χ0) is 21.8. The molecule has 1 saturated heterocycles. The monoisotopic (exact) mass is 436 g/mol. The maximum Gasteiger partial charge on any atom is 0.274 e. The first-order chi connectivity index (χ1) is 14.9. The fourth-order valence-electron chi connectivity index (χ4n) is 4.40. The average molecular weight is 436 g/mol. The van der Waals surface area contributed by atoms with Crippen LogP contribution in [0.15, 0.2) is 78.9 Å². The van der Waals surface area contributed by atoms with Gasteiger partial charge in [0, 0.05) is 11.3 Å². The molecular weight excluding hydrogens is 419 g/mol. The number of hydrogen-bond acceptors (Lipinski definition) is 4. The van der Waals surface area contributed by atoms with Crippen molar-refractivity contribution in [2.24, 2.45) is 0 Å². The van der Waals surface area contributed by atoms with E-state index in [1.165, 1.54) is 17.0 Å². The lowest BCUT2D eigenvalue weighted by Crippen LogP contribution is -2.54. The summed E-state index contributed by atoms with van der Waals surface area (Å²) in [5.41, 5.74) is 1.63. The van der Waals surface area contributed by atoms with Crippen molar-refractivity contribution in [3.63, 3.8) is 0 Å². The minimum atomic E-state index is -4.24. The number of amides is 2. The van der Waals surface area contributed by atoms with E-state index in [9.17, 15) is 22.4 Å². The quantitative estimate of drug-likeness (QED) is 0.633. The van der Waals surface area contributed by atoms with Crippen molar-refractivity contribution in [3.05, 3.63) is 95.8 Å². The smallest absolute Gasteiger partial charge is 0.274 e. The number of carbonyl (C=O) groups excluding carboxylic acids is 2. The Bertz CT molecular complexity index is 1310. The lowest BCUT2D eigenvalue weighted by Gasteiger charge is -2.32. The molecule has 0 radical (unpaired) electrons. The molecule has 2 aliphatic rings. The van der Waals surface area contributed by atoms with E-state index in [0.29, 0.717) is 5.69 Å². The molecular formula is C23H17FN2O4S. The predicted molar refractivity (Wildman–Crippen MR) is 113 cm³/mol. The molecule has 1 unspecified atom stereocenters. The molecule has 0 saturated carbocycles. The summed E-state index contributed by atoms with van der Waals surface area (Å²) in [5, 5.41) is 0. The first kappa shape index (κ1) is 19.4. The molecule has 3 aromatic rings. The minimum Gasteiger partial charge on any atom is -0.304 e. The fourth-order valence-corrected chi connectivity index (χ4v) is 6.44. The molecule has 0 bridgehead atoms. The first-order valence-corrected chi connectivity index (χ1v) is 11.3. The van der Waals surface area contributed by atoms with Crippen LogP contribution in [-0.2, 0) is 30.8 Å². The maximum atomic E-state index is 13.9. The third-order valence-corrected chi connectivity index (χ3v) is 7.80. The molecule has 2 amide bonds. The Labute approximate surface area is 178 Å². The highest BCUT2D eigenvalue weighted by Crippen LogP contribution is 2.52. The molecule has 0 aromatic heterocycles. The van der Waals surface area contributed by atoms with Crippen molar-refractivity contribution in [3.8, 4) is 0 Å². The Morgan fingerprint density at radius 3 is 2.23 bits per heavy atom. The summed E-state index contributed by atoms with van der Waals surface area (Å²) in [6.45, 7) is 0.152. The zero-order valence-electron chi connectivity index (χ0n) is 16.2. The summed E-state index contributed by atoms with van der Waals surface area (Å²) >= 11 is 0. The van der Waals surface area contributed by atoms with Gasteiger partial charge in [0.05, 0.1) is 12.2 Å². The number of sulfone groups is 1. The number of carbonyl (C=O) groups is 2. The molecule has 0 aliphatic carbocycles. The van der Waals surface area contributed by atoms with Crippen LogP contribution in [0.1, 0.15) is 11.1 Å². The number of benzene rings is 3. The number of fused-ring (bicyclic) bond motifs is 2. The van der Waals surface area contributed by atoms with Gasteiger partial charge in [0.1, 0.15) is 11.6 Å². The second-order valence-electron chi connectivity index (χ2n) is 7.50. The first-order valence-electron chi connectivity index (χ1n) is 9.62. The lowest BCUT2D eigenvalue weighted by molar-refractivity contribution is -0.123. The van der Waals surface area contributed by atoms with Crippen LogP contribution < -0.4 is 9.80 Å². The van der Waals surface area contributed by atoms with Crippen molar-refractivity contribution in [2.75, 3.05) is 15.6 Å². The second kappa shape index (κ2) is 6.75. The SMILES string of the molecule is O=C1CS(=O)(=O)C2(C(=O)N(Cc3ccccc3)c3ccccc32)N1c1ccc(F)cc1. The van der Waals surface area contributed by atoms with Crippen LogP contribution in [0.25, 0.3) is 0 Å². The molecule has 156 valence electrons. The van der Waals surface area contributed by atoms with E-state index in [1.807, 2.05) is 30.3 Å². The Morgan fingerprint density at radius 2 is 1.52 bits per heavy atom. The summed E-state index contributed by atoms with van der Waals surface area (Å²) < 4.78 is 40.4. The number of hydrogen-bond donors (Lipinski definition) is 0. The van der Waals surface area contributed by atoms with E-state index in [-0.39, 0.29) is 17.8 Å². The van der Waals surface area contributed by atoms with Crippen LogP contribution in [0.4, 0.5) is 15.8 Å². The summed E-state index contributed by atoms with van der Waals surface area (Å²) in [4.78, 5) is 27.0. The molecule has 8 heteroatoms. The van der Waals surface area contributed by atoms with E-state index in [1.54, 1.807) is 24.3 Å². The fraction of sp³-hybridized carbons (Fsp3) is 0.130. The van der Waals surface area contributed by atoms with Gasteiger partial charge in [-0.05, 0) is 35.9 Å². The van der Waals surface area contributed by atoms with E-state index in [0.717, 1.165) is 22.6 Å². The second-order valence-corrected chi connectivity index (χ2v) is 9.61. The number of anilines is 2. The van der Waals surface area contributed by atoms with Crippen molar-refractivity contribution >= 4 is 33.0 Å². The summed E-state index contributed by atoms with van der Waals surface area (Å²) in [6.07, 6.45) is 0. The van der Waals surface area contributed by atoms with Crippen molar-refractivity contribution < 1.29 is 22.4 Å². The third kappa shape index (κ3) is 2.64. The van der Waals surface area contributed by atoms with Crippen molar-refractivity contribution in [1.82, 2.24) is 0 Å². The molecule has 5 rings (SSSR count). The van der Waals surface area contributed by atoms with Crippen LogP contribution in [-0.4, -0.2) is 26.0 Å². The summed E-state index contributed by atoms with van der Waals surface area (Å²) in [7, 11) is -4.24. The number of para-hydroxylation sites is 1. The van der Waals surface area contributed by atoms with Crippen molar-refractivity contribution in [1.29, 1.82) is 0 Å². The largest absolute Gasteiger partial charge is 0.304 e. The standard InChI is InChI=1S/C23H17FN2O4S/c24-17-10-12-18(13-11-17)26-21(27)15-31(29,30)23(26)19-8-4-5-9-20(19)25(22(23)28)14-16-6-2-1-3-7-16/h1-13H,14-15H2. The van der Waals surface area contributed by atoms with Gasteiger partial charge in [-0.1, -0.05) is 48.5 Å².